The first kappa shape index (κ1) is 14.1. The number of Topliss-reactive ketones (excluding diaryl/α,β-unsaturated/α-hetero) is 1. The first-order valence-corrected chi connectivity index (χ1v) is 6.89. The van der Waals surface area contributed by atoms with Crippen molar-refractivity contribution in [2.24, 2.45) is 5.92 Å². The number of rotatable bonds is 4. The van der Waals surface area contributed by atoms with Crippen molar-refractivity contribution in [3.63, 3.8) is 0 Å². The molecule has 2 rings (SSSR count). The van der Waals surface area contributed by atoms with Crippen LogP contribution in [0.4, 0.5) is 5.82 Å². The van der Waals surface area contributed by atoms with Gasteiger partial charge < -0.3 is 14.5 Å². The molecule has 1 fully saturated rings. The number of hydrogen-bond acceptors (Lipinski definition) is 5. The summed E-state index contributed by atoms with van der Waals surface area (Å²) in [6.07, 6.45) is 1.30. The van der Waals surface area contributed by atoms with Crippen LogP contribution < -0.4 is 4.90 Å². The third-order valence-corrected chi connectivity index (χ3v) is 3.72. The van der Waals surface area contributed by atoms with Gasteiger partial charge in [-0.25, -0.2) is 0 Å². The van der Waals surface area contributed by atoms with Crippen molar-refractivity contribution in [2.45, 2.75) is 45.6 Å². The van der Waals surface area contributed by atoms with Gasteiger partial charge in [-0.2, -0.15) is 0 Å². The molecule has 0 aliphatic carbocycles. The second kappa shape index (κ2) is 5.74. The number of piperidine rings is 1. The highest BCUT2D eigenvalue weighted by molar-refractivity contribution is 5.83. The average Bonchev–Trinajstić information content (AvgIpc) is 2.78. The maximum Gasteiger partial charge on any atom is 0.172 e. The number of carbonyl (C=O) groups excluding carboxylic acids is 1. The van der Waals surface area contributed by atoms with Crippen LogP contribution in [0, 0.1) is 5.92 Å². The second-order valence-electron chi connectivity index (χ2n) is 5.64. The maximum absolute atomic E-state index is 11.7. The first-order chi connectivity index (χ1) is 8.99. The molecule has 1 aromatic rings. The predicted octanol–water partition coefficient (Wildman–Crippen LogP) is 1.96. The minimum absolute atomic E-state index is 0.103. The van der Waals surface area contributed by atoms with Crippen molar-refractivity contribution in [1.29, 1.82) is 0 Å². The van der Waals surface area contributed by atoms with E-state index < -0.39 is 0 Å². The van der Waals surface area contributed by atoms with Gasteiger partial charge in [-0.05, 0) is 25.7 Å². The topological polar surface area (TPSA) is 66.6 Å². The van der Waals surface area contributed by atoms with Gasteiger partial charge in [0.2, 0.25) is 0 Å². The lowest BCUT2D eigenvalue weighted by molar-refractivity contribution is -0.119. The molecule has 0 spiro atoms. The first-order valence-electron chi connectivity index (χ1n) is 6.89. The molecule has 1 saturated heterocycles. The Balaban J connectivity index is 2.12. The molecule has 2 heterocycles. The van der Waals surface area contributed by atoms with Gasteiger partial charge in [0.25, 0.3) is 0 Å². The molecule has 0 aromatic carbocycles. The number of aliphatic hydroxyl groups is 1. The van der Waals surface area contributed by atoms with Crippen molar-refractivity contribution in [2.75, 3.05) is 18.0 Å². The van der Waals surface area contributed by atoms with E-state index in [-0.39, 0.29) is 23.7 Å². The summed E-state index contributed by atoms with van der Waals surface area (Å²) in [5.74, 6) is 1.49. The smallest absolute Gasteiger partial charge is 0.172 e. The Morgan fingerprint density at radius 2 is 2.11 bits per heavy atom. The fourth-order valence-electron chi connectivity index (χ4n) is 2.67. The summed E-state index contributed by atoms with van der Waals surface area (Å²) in [6.45, 7) is 7.15. The summed E-state index contributed by atoms with van der Waals surface area (Å²) in [6, 6.07) is 1.86. The molecule has 5 heteroatoms. The Bertz CT molecular complexity index is 434. The lowest BCUT2D eigenvalue weighted by Gasteiger charge is -2.28. The van der Waals surface area contributed by atoms with Gasteiger partial charge in [-0.1, -0.05) is 19.0 Å². The van der Waals surface area contributed by atoms with Crippen LogP contribution >= 0.6 is 0 Å². The van der Waals surface area contributed by atoms with E-state index in [9.17, 15) is 9.90 Å². The standard InChI is InChI=1S/C14H22N2O3/c1-9(2)14(10(3)17)12-8-13(15-19-12)16-6-4-11(18)5-7-16/h8-9,11,14,18H,4-7H2,1-3H3. The number of nitrogens with zero attached hydrogens (tertiary/aromatic N) is 2. The molecule has 1 N–H and O–H groups in total. The van der Waals surface area contributed by atoms with Crippen LogP contribution in [0.5, 0.6) is 0 Å². The largest absolute Gasteiger partial charge is 0.393 e. The van der Waals surface area contributed by atoms with E-state index in [4.69, 9.17) is 4.52 Å². The zero-order chi connectivity index (χ0) is 14.0. The average molecular weight is 266 g/mol. The number of aromatic nitrogens is 1. The van der Waals surface area contributed by atoms with Gasteiger partial charge in [0.05, 0.1) is 12.0 Å². The van der Waals surface area contributed by atoms with Crippen LogP contribution in [0.2, 0.25) is 0 Å². The zero-order valence-electron chi connectivity index (χ0n) is 11.8. The molecule has 1 aliphatic rings. The summed E-state index contributed by atoms with van der Waals surface area (Å²) in [5.41, 5.74) is 0. The Kier molecular flexibility index (Phi) is 4.24. The molecular weight excluding hydrogens is 244 g/mol. The Morgan fingerprint density at radius 1 is 1.47 bits per heavy atom. The number of ketones is 1. The normalized spacial score (nSPS) is 18.9. The Morgan fingerprint density at radius 3 is 2.63 bits per heavy atom. The molecule has 19 heavy (non-hydrogen) atoms. The van der Waals surface area contributed by atoms with Crippen LogP contribution in [-0.4, -0.2) is 35.2 Å². The van der Waals surface area contributed by atoms with Crippen LogP contribution in [0.15, 0.2) is 10.6 Å². The van der Waals surface area contributed by atoms with Gasteiger partial charge in [0.15, 0.2) is 5.82 Å². The third kappa shape index (κ3) is 3.15. The molecule has 0 amide bonds. The summed E-state index contributed by atoms with van der Waals surface area (Å²) >= 11 is 0. The minimum Gasteiger partial charge on any atom is -0.393 e. The predicted molar refractivity (Wildman–Crippen MR) is 72.2 cm³/mol. The molecular formula is C14H22N2O3. The minimum atomic E-state index is -0.225. The Hall–Kier alpha value is -1.36. The highest BCUT2D eigenvalue weighted by atomic mass is 16.5. The van der Waals surface area contributed by atoms with E-state index in [0.717, 1.165) is 31.7 Å². The maximum atomic E-state index is 11.7. The molecule has 1 aliphatic heterocycles. The van der Waals surface area contributed by atoms with Crippen LogP contribution in [0.3, 0.4) is 0 Å². The monoisotopic (exact) mass is 266 g/mol. The van der Waals surface area contributed by atoms with E-state index in [2.05, 4.69) is 10.1 Å². The van der Waals surface area contributed by atoms with E-state index >= 15 is 0 Å². The lowest BCUT2D eigenvalue weighted by atomic mass is 9.90. The van der Waals surface area contributed by atoms with Gasteiger partial charge >= 0.3 is 0 Å². The molecule has 5 nitrogen and oxygen atoms in total. The zero-order valence-corrected chi connectivity index (χ0v) is 11.8. The third-order valence-electron chi connectivity index (χ3n) is 3.72. The number of anilines is 1. The SMILES string of the molecule is CC(=O)C(c1cc(N2CCC(O)CC2)no1)C(C)C. The van der Waals surface area contributed by atoms with Crippen LogP contribution in [0.25, 0.3) is 0 Å². The molecule has 1 unspecified atom stereocenters. The quantitative estimate of drug-likeness (QED) is 0.902. The molecule has 106 valence electrons. The molecule has 0 bridgehead atoms. The summed E-state index contributed by atoms with van der Waals surface area (Å²) < 4.78 is 5.35. The van der Waals surface area contributed by atoms with Gasteiger partial charge in [-0.15, -0.1) is 0 Å². The van der Waals surface area contributed by atoms with Crippen LogP contribution in [-0.2, 0) is 4.79 Å². The van der Waals surface area contributed by atoms with Gasteiger partial charge in [0.1, 0.15) is 11.5 Å². The highest BCUT2D eigenvalue weighted by Gasteiger charge is 2.27. The van der Waals surface area contributed by atoms with E-state index in [1.807, 2.05) is 19.9 Å². The fourth-order valence-corrected chi connectivity index (χ4v) is 2.67. The van der Waals surface area contributed by atoms with Gasteiger partial charge in [0, 0.05) is 19.2 Å². The molecule has 0 radical (unpaired) electrons. The fraction of sp³-hybridized carbons (Fsp3) is 0.714. The summed E-state index contributed by atoms with van der Waals surface area (Å²) in [7, 11) is 0. The van der Waals surface area contributed by atoms with Gasteiger partial charge in [-0.3, -0.25) is 4.79 Å². The van der Waals surface area contributed by atoms with E-state index in [0.29, 0.717) is 5.76 Å². The van der Waals surface area contributed by atoms with E-state index in [1.54, 1.807) is 6.92 Å². The number of hydrogen-bond donors (Lipinski definition) is 1. The molecule has 0 saturated carbocycles. The van der Waals surface area contributed by atoms with Crippen molar-refractivity contribution >= 4 is 11.6 Å². The van der Waals surface area contributed by atoms with Crippen molar-refractivity contribution in [3.05, 3.63) is 11.8 Å². The lowest BCUT2D eigenvalue weighted by Crippen LogP contribution is -2.35. The number of carbonyl (C=O) groups is 1. The number of aliphatic hydroxyl groups excluding tert-OH is 1. The van der Waals surface area contributed by atoms with Crippen molar-refractivity contribution in [3.8, 4) is 0 Å². The van der Waals surface area contributed by atoms with Crippen molar-refractivity contribution < 1.29 is 14.4 Å². The molecule has 1 atom stereocenters. The second-order valence-corrected chi connectivity index (χ2v) is 5.64. The van der Waals surface area contributed by atoms with Crippen molar-refractivity contribution in [1.82, 2.24) is 5.16 Å². The van der Waals surface area contributed by atoms with E-state index in [1.165, 1.54) is 0 Å². The molecule has 1 aromatic heterocycles. The highest BCUT2D eigenvalue weighted by Crippen LogP contribution is 2.29. The Labute approximate surface area is 113 Å². The summed E-state index contributed by atoms with van der Waals surface area (Å²) in [5, 5.41) is 13.6. The summed E-state index contributed by atoms with van der Waals surface area (Å²) in [4.78, 5) is 13.8. The van der Waals surface area contributed by atoms with Crippen LogP contribution in [0.1, 0.15) is 45.3 Å².